The number of imide groups is 1. The van der Waals surface area contributed by atoms with Crippen molar-refractivity contribution >= 4 is 99.7 Å². The van der Waals surface area contributed by atoms with Gasteiger partial charge >= 0.3 is 24.2 Å². The van der Waals surface area contributed by atoms with E-state index >= 15 is 0 Å². The average molecular weight is 1240 g/mol. The van der Waals surface area contributed by atoms with E-state index in [0.29, 0.717) is 35.8 Å². The van der Waals surface area contributed by atoms with Crippen LogP contribution in [0.1, 0.15) is 91.5 Å². The van der Waals surface area contributed by atoms with Crippen LogP contribution in [-0.2, 0) is 63.7 Å². The van der Waals surface area contributed by atoms with E-state index in [0.717, 1.165) is 11.1 Å². The summed E-state index contributed by atoms with van der Waals surface area (Å²) >= 11 is 12.3. The van der Waals surface area contributed by atoms with E-state index in [-0.39, 0.29) is 85.8 Å². The van der Waals surface area contributed by atoms with Gasteiger partial charge in [0.05, 0.1) is 45.0 Å². The maximum atomic E-state index is 14.4. The van der Waals surface area contributed by atoms with Gasteiger partial charge in [0.2, 0.25) is 17.7 Å². The number of nitrogens with one attached hydrogen (secondary N) is 7. The van der Waals surface area contributed by atoms with Gasteiger partial charge in [-0.2, -0.15) is 0 Å². The van der Waals surface area contributed by atoms with Gasteiger partial charge in [-0.25, -0.2) is 19.2 Å². The molecule has 4 aliphatic heterocycles. The quantitative estimate of drug-likeness (QED) is 0.0346. The number of carbonyl (C=O) groups is 9. The zero-order valence-corrected chi connectivity index (χ0v) is 50.8. The fourth-order valence-electron chi connectivity index (χ4n) is 9.99. The van der Waals surface area contributed by atoms with E-state index in [9.17, 15) is 48.3 Å². The maximum Gasteiger partial charge on any atom is 0.412 e. The number of methoxy groups -OCH3 is 2. The molecule has 2 aromatic carbocycles. The number of urea groups is 1. The second-order valence-electron chi connectivity index (χ2n) is 21.8. The van der Waals surface area contributed by atoms with Crippen molar-refractivity contribution in [2.45, 2.75) is 140 Å². The molecule has 27 nitrogen and oxygen atoms in total. The fraction of sp³-hybridized carbons (Fsp3) is 0.544. The van der Waals surface area contributed by atoms with Crippen molar-refractivity contribution in [3.05, 3.63) is 70.8 Å². The van der Waals surface area contributed by atoms with Crippen molar-refractivity contribution in [2.24, 2.45) is 17.6 Å². The summed E-state index contributed by atoms with van der Waals surface area (Å²) in [7, 11) is 4.40. The lowest BCUT2D eigenvalue weighted by molar-refractivity contribution is -0.198. The second kappa shape index (κ2) is 30.6. The number of anilines is 3. The molecule has 9 amide bonds. The summed E-state index contributed by atoms with van der Waals surface area (Å²) < 4.78 is 34.8. The number of carbonyl (C=O) groups excluding carboxylic acids is 9. The van der Waals surface area contributed by atoms with E-state index in [1.807, 2.05) is 13.0 Å². The van der Waals surface area contributed by atoms with Crippen LogP contribution in [0.3, 0.4) is 0 Å². The topological polar surface area (TPSA) is 358 Å². The Balaban J connectivity index is 1.11. The van der Waals surface area contributed by atoms with E-state index < -0.39 is 114 Å². The molecule has 10 N–H and O–H groups in total. The zero-order chi connectivity index (χ0) is 63.0. The van der Waals surface area contributed by atoms with Gasteiger partial charge < -0.3 is 75.6 Å². The number of rotatable bonds is 22. The second-order valence-corrected chi connectivity index (χ2v) is 22.5. The Morgan fingerprint density at radius 1 is 0.942 bits per heavy atom. The minimum atomic E-state index is -1.90. The smallest absolute Gasteiger partial charge is 0.412 e. The molecule has 0 spiro atoms. The third-order valence-corrected chi connectivity index (χ3v) is 15.5. The molecule has 0 unspecified atom stereocenters. The number of halogens is 1. The number of aliphatic hydroxyl groups is 1. The summed E-state index contributed by atoms with van der Waals surface area (Å²) in [6.07, 6.45) is -0.0706. The number of nitrogens with zero attached hydrogens (tertiary/aromatic N) is 2. The molecular formula is C57H77ClN10O17S. The molecule has 4 aliphatic rings. The normalized spacial score (nSPS) is 24.7. The van der Waals surface area contributed by atoms with Crippen molar-refractivity contribution in [3.8, 4) is 5.75 Å². The number of allylic oxidation sites excluding steroid dienone is 3. The zero-order valence-electron chi connectivity index (χ0n) is 49.2. The number of hydrogen-bond acceptors (Lipinski definition) is 18. The molecule has 3 saturated heterocycles. The van der Waals surface area contributed by atoms with Crippen molar-refractivity contribution in [1.29, 1.82) is 0 Å². The summed E-state index contributed by atoms with van der Waals surface area (Å²) in [5, 5.41) is 31.8. The van der Waals surface area contributed by atoms with E-state index in [4.69, 9.17) is 62.8 Å². The molecule has 470 valence electrons. The Kier molecular flexibility index (Phi) is 24.0. The van der Waals surface area contributed by atoms with Crippen molar-refractivity contribution < 1.29 is 81.5 Å². The first-order valence-corrected chi connectivity index (χ1v) is 28.8. The van der Waals surface area contributed by atoms with Crippen LogP contribution in [0.5, 0.6) is 5.75 Å². The number of unbranched alkanes of at least 4 members (excludes halogenated alkanes) is 1. The summed E-state index contributed by atoms with van der Waals surface area (Å²) in [6, 6.07) is 6.80. The van der Waals surface area contributed by atoms with Crippen LogP contribution in [0.15, 0.2) is 60.2 Å². The summed E-state index contributed by atoms with van der Waals surface area (Å²) in [6.45, 7) is 9.30. The average Bonchev–Trinajstić information content (AvgIpc) is 1.67. The summed E-state index contributed by atoms with van der Waals surface area (Å²) in [5.41, 5.74) is 4.48. The van der Waals surface area contributed by atoms with Crippen molar-refractivity contribution in [1.82, 2.24) is 31.6 Å². The number of epoxide rings is 1. The number of nitrogens with two attached hydrogens (primary N) is 1. The molecular weight excluding hydrogens is 1160 g/mol. The first kappa shape index (κ1) is 67.5. The number of alkyl carbamates (subject to hydrolysis) is 1. The highest BCUT2D eigenvalue weighted by Gasteiger charge is 2.64. The minimum absolute atomic E-state index is 0.0261. The first-order chi connectivity index (χ1) is 40.7. The summed E-state index contributed by atoms with van der Waals surface area (Å²) in [5.74, 6) is -4.26. The van der Waals surface area contributed by atoms with Crippen LogP contribution in [-0.4, -0.2) is 164 Å². The fourth-order valence-corrected chi connectivity index (χ4v) is 10.5. The molecule has 0 aromatic heterocycles. The monoisotopic (exact) mass is 1240 g/mol. The van der Waals surface area contributed by atoms with Crippen molar-refractivity contribution in [3.63, 3.8) is 0 Å². The highest BCUT2D eigenvalue weighted by atomic mass is 35.5. The maximum absolute atomic E-state index is 14.4. The minimum Gasteiger partial charge on any atom is -0.495 e. The molecule has 86 heavy (non-hydrogen) atoms. The molecule has 3 fully saturated rings. The number of hydrogen-bond donors (Lipinski definition) is 9. The molecule has 4 bridgehead atoms. The molecule has 6 rings (SSSR count). The van der Waals surface area contributed by atoms with Crippen LogP contribution < -0.4 is 52.6 Å². The number of primary amides is 1. The third-order valence-electron chi connectivity index (χ3n) is 14.9. The number of thiocarbonyl (C=S) groups is 1. The van der Waals surface area contributed by atoms with Crippen LogP contribution in [0.2, 0.25) is 5.02 Å². The molecule has 9 atom stereocenters. The predicted octanol–water partition coefficient (Wildman–Crippen LogP) is 4.14. The van der Waals surface area contributed by atoms with Crippen LogP contribution in [0.25, 0.3) is 0 Å². The van der Waals surface area contributed by atoms with Gasteiger partial charge in [0.15, 0.2) is 10.8 Å². The third kappa shape index (κ3) is 18.4. The highest BCUT2D eigenvalue weighted by Crippen LogP contribution is 2.49. The van der Waals surface area contributed by atoms with Crippen LogP contribution in [0.4, 0.5) is 31.4 Å². The predicted molar refractivity (Wildman–Crippen MR) is 316 cm³/mol. The molecule has 2 aromatic rings. The van der Waals surface area contributed by atoms with Crippen molar-refractivity contribution in [2.75, 3.05) is 63.1 Å². The number of fused-ring (bicyclic) bond motifs is 5. The standard InChI is InChI=1S/C57H77ClN10O17S/c1-31(2)48(65-53(86)61-23-25-81-24-21-46(72)85-68-43(69)19-20-44(68)70)51(74)64-37(13-9-10-22-60-52(59)75)50(73)62-35-15-17-36(18-16-35)63-54(76)83-42-29-45(71)67(6)38-27-34(28-39(79-7)47(38)58)26-32(3)12-11-14-41(80-8)57(78)30-40(82-55(77)66-57)33(4)49-56(42,5)84-49/h11-12,14-18,27-28,31,33,37,40-42,48-49,78H,9-10,13,19-26,29-30H2,1-8H3,(H,62,73)(H,63,76)(H,64,74)(H,66,77)(H3,59,60,75)(H2,61,65,86)/b14-11+,32-12+/t33-,37+,40+,41-,42+,48+,49+,56+,57+/m1/s1. The van der Waals surface area contributed by atoms with Gasteiger partial charge in [-0.1, -0.05) is 56.2 Å². The van der Waals surface area contributed by atoms with Gasteiger partial charge in [0.1, 0.15) is 46.8 Å². The van der Waals surface area contributed by atoms with E-state index in [2.05, 4.69) is 37.2 Å². The first-order valence-electron chi connectivity index (χ1n) is 28.0. The van der Waals surface area contributed by atoms with Crippen LogP contribution in [0, 0.1) is 11.8 Å². The number of hydroxylamine groups is 2. The van der Waals surface area contributed by atoms with Gasteiger partial charge in [-0.3, -0.25) is 34.6 Å². The van der Waals surface area contributed by atoms with E-state index in [1.165, 1.54) is 50.4 Å². The van der Waals surface area contributed by atoms with Gasteiger partial charge in [0, 0.05) is 63.8 Å². The Bertz CT molecular complexity index is 2900. The highest BCUT2D eigenvalue weighted by molar-refractivity contribution is 7.80. The lowest BCUT2D eigenvalue weighted by Gasteiger charge is -2.42. The lowest BCUT2D eigenvalue weighted by atomic mass is 9.83. The Labute approximate surface area is 508 Å². The Morgan fingerprint density at radius 2 is 1.63 bits per heavy atom. The number of ether oxygens (including phenoxy) is 6. The van der Waals surface area contributed by atoms with Gasteiger partial charge in [-0.15, -0.1) is 5.06 Å². The summed E-state index contributed by atoms with van der Waals surface area (Å²) in [4.78, 5) is 122. The van der Waals surface area contributed by atoms with E-state index in [1.54, 1.807) is 52.0 Å². The molecule has 29 heteroatoms. The number of amides is 9. The van der Waals surface area contributed by atoms with Gasteiger partial charge in [-0.05, 0) is 99.6 Å². The van der Waals surface area contributed by atoms with Gasteiger partial charge in [0.25, 0.3) is 11.8 Å². The molecule has 0 radical (unpaired) electrons. The molecule has 4 heterocycles. The largest absolute Gasteiger partial charge is 0.495 e. The molecule has 0 saturated carbocycles. The Morgan fingerprint density at radius 3 is 2.28 bits per heavy atom. The Hall–Kier alpha value is -7.63. The number of benzene rings is 2. The SMILES string of the molecule is COc1cc2cc(c1Cl)N(C)C(=O)C[C@H](OC(=O)Nc1ccc(NC(=O)[C@H](CCCCNC(N)=O)NC(=O)[C@@H](NC(=S)NCCOCCC(=O)ON3C(=O)CCC3=O)C(C)C)cc1)[C@]1(C)O[C@H]1[C@H](C)[C@@H]1C[C@@](O)(NC(=O)O1)[C@H](OC)/C=C/C=C(\C)C2. The molecule has 0 aliphatic carbocycles. The lowest BCUT2D eigenvalue weighted by Crippen LogP contribution is -2.63. The van der Waals surface area contributed by atoms with Crippen LogP contribution >= 0.6 is 23.8 Å².